The summed E-state index contributed by atoms with van der Waals surface area (Å²) in [6.45, 7) is 6.15. The molecule has 0 N–H and O–H groups in total. The minimum atomic E-state index is -0.204. The van der Waals surface area contributed by atoms with Crippen molar-refractivity contribution < 1.29 is 14.2 Å². The van der Waals surface area contributed by atoms with E-state index >= 15 is 0 Å². The van der Waals surface area contributed by atoms with Gasteiger partial charge >= 0.3 is 0 Å². The maximum Gasteiger partial charge on any atom is 0.191 e. The fraction of sp³-hybridized carbons (Fsp3) is 0.538. The second-order valence-corrected chi connectivity index (χ2v) is 4.21. The third kappa shape index (κ3) is 2.97. The largest absolute Gasteiger partial charge is 0.488 e. The molecule has 0 spiro atoms. The van der Waals surface area contributed by atoms with Crippen LogP contribution in [-0.2, 0) is 9.47 Å². The summed E-state index contributed by atoms with van der Waals surface area (Å²) in [6, 6.07) is 8.17. The van der Waals surface area contributed by atoms with E-state index in [0.717, 1.165) is 5.75 Å². The van der Waals surface area contributed by atoms with Gasteiger partial charge in [0.25, 0.3) is 0 Å². The van der Waals surface area contributed by atoms with Gasteiger partial charge in [-0.15, -0.1) is 0 Å². The lowest BCUT2D eigenvalue weighted by Crippen LogP contribution is -2.18. The molecule has 1 saturated heterocycles. The molecule has 0 aromatic heterocycles. The van der Waals surface area contributed by atoms with E-state index in [9.17, 15) is 0 Å². The van der Waals surface area contributed by atoms with Crippen molar-refractivity contribution in [3.63, 3.8) is 0 Å². The number of hydrogen-bond donors (Lipinski definition) is 0. The Labute approximate surface area is 96.3 Å². The molecule has 1 fully saturated rings. The summed E-state index contributed by atoms with van der Waals surface area (Å²) < 4.78 is 16.2. The Bertz CT molecular complexity index is 312. The maximum absolute atomic E-state index is 5.57. The van der Waals surface area contributed by atoms with Crippen LogP contribution >= 0.6 is 0 Å². The van der Waals surface area contributed by atoms with Gasteiger partial charge in [0.2, 0.25) is 0 Å². The fourth-order valence-corrected chi connectivity index (χ4v) is 1.62. The first-order valence-electron chi connectivity index (χ1n) is 5.71. The SMILES string of the molecule is CC(C)c1ccc(OCC2OCCO2)cc1. The van der Waals surface area contributed by atoms with E-state index in [4.69, 9.17) is 14.2 Å². The average Bonchev–Trinajstić information content (AvgIpc) is 2.80. The molecule has 3 heteroatoms. The van der Waals surface area contributed by atoms with Crippen LogP contribution in [0.2, 0.25) is 0 Å². The summed E-state index contributed by atoms with van der Waals surface area (Å²) in [6.07, 6.45) is -0.204. The Morgan fingerprint density at radius 1 is 1.19 bits per heavy atom. The number of ether oxygens (including phenoxy) is 3. The smallest absolute Gasteiger partial charge is 0.191 e. The molecule has 3 nitrogen and oxygen atoms in total. The summed E-state index contributed by atoms with van der Waals surface area (Å²) >= 11 is 0. The molecule has 1 aliphatic rings. The second-order valence-electron chi connectivity index (χ2n) is 4.21. The Morgan fingerprint density at radius 3 is 2.38 bits per heavy atom. The van der Waals surface area contributed by atoms with Gasteiger partial charge in [0.15, 0.2) is 6.29 Å². The highest BCUT2D eigenvalue weighted by Gasteiger charge is 2.16. The first-order valence-corrected chi connectivity index (χ1v) is 5.71. The van der Waals surface area contributed by atoms with Crippen molar-refractivity contribution in [3.8, 4) is 5.75 Å². The van der Waals surface area contributed by atoms with Gasteiger partial charge in [0, 0.05) is 0 Å². The van der Waals surface area contributed by atoms with Crippen molar-refractivity contribution in [3.05, 3.63) is 29.8 Å². The van der Waals surface area contributed by atoms with Crippen LogP contribution in [0.1, 0.15) is 25.3 Å². The molecule has 0 saturated carbocycles. The van der Waals surface area contributed by atoms with Crippen LogP contribution in [0.25, 0.3) is 0 Å². The molecule has 16 heavy (non-hydrogen) atoms. The van der Waals surface area contributed by atoms with Crippen molar-refractivity contribution in [2.45, 2.75) is 26.1 Å². The van der Waals surface area contributed by atoms with E-state index < -0.39 is 0 Å². The van der Waals surface area contributed by atoms with Crippen LogP contribution in [0.3, 0.4) is 0 Å². The lowest BCUT2D eigenvalue weighted by molar-refractivity contribution is -0.0684. The first-order chi connectivity index (χ1) is 7.75. The van der Waals surface area contributed by atoms with Gasteiger partial charge in [-0.2, -0.15) is 0 Å². The Hall–Kier alpha value is -1.06. The first kappa shape index (κ1) is 11.4. The highest BCUT2D eigenvalue weighted by Crippen LogP contribution is 2.19. The van der Waals surface area contributed by atoms with Crippen molar-refractivity contribution in [2.75, 3.05) is 19.8 Å². The van der Waals surface area contributed by atoms with Gasteiger partial charge in [-0.1, -0.05) is 26.0 Å². The van der Waals surface area contributed by atoms with Crippen LogP contribution in [0, 0.1) is 0 Å². The normalized spacial score (nSPS) is 16.9. The van der Waals surface area contributed by atoms with Crippen LogP contribution in [0.4, 0.5) is 0 Å². The second kappa shape index (κ2) is 5.32. The molecule has 1 aromatic carbocycles. The fourth-order valence-electron chi connectivity index (χ4n) is 1.62. The molecule has 0 atom stereocenters. The summed E-state index contributed by atoms with van der Waals surface area (Å²) in [4.78, 5) is 0. The van der Waals surface area contributed by atoms with E-state index in [-0.39, 0.29) is 6.29 Å². The van der Waals surface area contributed by atoms with Crippen molar-refractivity contribution in [2.24, 2.45) is 0 Å². The lowest BCUT2D eigenvalue weighted by Gasteiger charge is -2.12. The quantitative estimate of drug-likeness (QED) is 0.783. The van der Waals surface area contributed by atoms with E-state index in [1.807, 2.05) is 12.1 Å². The van der Waals surface area contributed by atoms with Gasteiger partial charge in [-0.05, 0) is 23.6 Å². The number of hydrogen-bond acceptors (Lipinski definition) is 3. The predicted octanol–water partition coefficient (Wildman–Crippen LogP) is 2.56. The minimum Gasteiger partial charge on any atom is -0.488 e. The van der Waals surface area contributed by atoms with Crippen LogP contribution in [-0.4, -0.2) is 26.1 Å². The van der Waals surface area contributed by atoms with Gasteiger partial charge in [0.1, 0.15) is 12.4 Å². The predicted molar refractivity (Wildman–Crippen MR) is 61.7 cm³/mol. The lowest BCUT2D eigenvalue weighted by atomic mass is 10.0. The molecular formula is C13H18O3. The monoisotopic (exact) mass is 222 g/mol. The molecule has 0 unspecified atom stereocenters. The molecule has 0 amide bonds. The molecule has 1 aromatic rings. The Balaban J connectivity index is 1.84. The number of rotatable bonds is 4. The maximum atomic E-state index is 5.57. The molecule has 88 valence electrons. The minimum absolute atomic E-state index is 0.204. The molecule has 1 aliphatic heterocycles. The summed E-state index contributed by atoms with van der Waals surface area (Å²) in [5.41, 5.74) is 1.32. The van der Waals surface area contributed by atoms with E-state index in [0.29, 0.717) is 25.7 Å². The standard InChI is InChI=1S/C13H18O3/c1-10(2)11-3-5-12(6-4-11)16-9-13-14-7-8-15-13/h3-6,10,13H,7-9H2,1-2H3. The molecule has 0 radical (unpaired) electrons. The zero-order chi connectivity index (χ0) is 11.4. The molecule has 2 rings (SSSR count). The van der Waals surface area contributed by atoms with Crippen molar-refractivity contribution >= 4 is 0 Å². The number of benzene rings is 1. The summed E-state index contributed by atoms with van der Waals surface area (Å²) in [5.74, 6) is 1.42. The van der Waals surface area contributed by atoms with E-state index in [1.165, 1.54) is 5.56 Å². The van der Waals surface area contributed by atoms with Crippen molar-refractivity contribution in [1.29, 1.82) is 0 Å². The zero-order valence-corrected chi connectivity index (χ0v) is 9.81. The van der Waals surface area contributed by atoms with E-state index in [2.05, 4.69) is 26.0 Å². The van der Waals surface area contributed by atoms with Gasteiger partial charge < -0.3 is 14.2 Å². The molecule has 0 aliphatic carbocycles. The Kier molecular flexibility index (Phi) is 3.80. The van der Waals surface area contributed by atoms with Gasteiger partial charge in [-0.25, -0.2) is 0 Å². The van der Waals surface area contributed by atoms with Crippen LogP contribution < -0.4 is 4.74 Å². The van der Waals surface area contributed by atoms with E-state index in [1.54, 1.807) is 0 Å². The molecular weight excluding hydrogens is 204 g/mol. The zero-order valence-electron chi connectivity index (χ0n) is 9.81. The van der Waals surface area contributed by atoms with Crippen LogP contribution in [0.15, 0.2) is 24.3 Å². The average molecular weight is 222 g/mol. The van der Waals surface area contributed by atoms with Crippen molar-refractivity contribution in [1.82, 2.24) is 0 Å². The highest BCUT2D eigenvalue weighted by molar-refractivity contribution is 5.28. The van der Waals surface area contributed by atoms with Gasteiger partial charge in [0.05, 0.1) is 13.2 Å². The third-order valence-corrected chi connectivity index (χ3v) is 2.62. The summed E-state index contributed by atoms with van der Waals surface area (Å²) in [7, 11) is 0. The molecule has 0 bridgehead atoms. The summed E-state index contributed by atoms with van der Waals surface area (Å²) in [5, 5.41) is 0. The molecule has 1 heterocycles. The Morgan fingerprint density at radius 2 is 1.81 bits per heavy atom. The third-order valence-electron chi connectivity index (χ3n) is 2.62. The highest BCUT2D eigenvalue weighted by atomic mass is 16.7. The van der Waals surface area contributed by atoms with Gasteiger partial charge in [-0.3, -0.25) is 0 Å². The topological polar surface area (TPSA) is 27.7 Å². The van der Waals surface area contributed by atoms with Crippen LogP contribution in [0.5, 0.6) is 5.75 Å².